The molecule has 0 aromatic carbocycles. The zero-order chi connectivity index (χ0) is 94.8. The summed E-state index contributed by atoms with van der Waals surface area (Å²) in [5.41, 5.74) is 7.78. The molecule has 9 aromatic heterocycles. The number of rotatable bonds is 20. The number of ether oxygens (including phenoxy) is 4. The monoisotopic (exact) mass is 1960 g/mol. The number of hydrazone groups is 2. The minimum absolute atomic E-state index is 0. The third kappa shape index (κ3) is 38.3. The first-order valence-electron chi connectivity index (χ1n) is 33.6. The van der Waals surface area contributed by atoms with Gasteiger partial charge in [0.1, 0.15) is 6.21 Å². The Hall–Kier alpha value is -11.3. The van der Waals surface area contributed by atoms with Gasteiger partial charge in [-0.15, -0.1) is 10.2 Å². The Morgan fingerprint density at radius 1 is 0.484 bits per heavy atom. The van der Waals surface area contributed by atoms with Gasteiger partial charge in [-0.25, -0.2) is 58.3 Å². The van der Waals surface area contributed by atoms with Gasteiger partial charge in [0.05, 0.1) is 64.6 Å². The number of carbonyl (C=O) groups is 1. The number of aromatic nitrogens is 14. The van der Waals surface area contributed by atoms with Crippen molar-refractivity contribution in [2.75, 3.05) is 35.9 Å². The molecule has 58 heteroatoms. The number of alkyl halides is 24. The fraction of sp³-hybridized carbons (Fsp3) is 0.429. The second-order valence-electron chi connectivity index (χ2n) is 23.7. The third-order valence-electron chi connectivity index (χ3n) is 14.6. The van der Waals surface area contributed by atoms with E-state index < -0.39 is 137 Å². The van der Waals surface area contributed by atoms with Gasteiger partial charge >= 0.3 is 74.2 Å². The van der Waals surface area contributed by atoms with E-state index in [1.807, 2.05) is 5.43 Å². The minimum atomic E-state index is -4.79. The number of aldehydes is 1. The summed E-state index contributed by atoms with van der Waals surface area (Å²) in [7, 11) is 4.34. The maximum atomic E-state index is 14.1. The number of nitrogens with one attached hydrogen (secondary N) is 3. The van der Waals surface area contributed by atoms with Gasteiger partial charge in [0.15, 0.2) is 70.8 Å². The van der Waals surface area contributed by atoms with E-state index in [0.717, 1.165) is 74.6 Å². The number of hydrogen-bond donors (Lipinski definition) is 5. The summed E-state index contributed by atoms with van der Waals surface area (Å²) in [5, 5.41) is 12.5. The summed E-state index contributed by atoms with van der Waals surface area (Å²) >= 11 is 5.44. The van der Waals surface area contributed by atoms with Gasteiger partial charge < -0.3 is 29.3 Å². The van der Waals surface area contributed by atoms with Gasteiger partial charge in [-0.1, -0.05) is 50.5 Å². The number of carbonyl (C=O) groups excluding carboxylic acids is 1. The van der Waals surface area contributed by atoms with E-state index >= 15 is 0 Å². The van der Waals surface area contributed by atoms with Crippen LogP contribution in [-0.2, 0) is 11.0 Å². The van der Waals surface area contributed by atoms with Crippen molar-refractivity contribution in [2.24, 2.45) is 20.3 Å². The van der Waals surface area contributed by atoms with Gasteiger partial charge in [0.25, 0.3) is 23.5 Å². The molecule has 9 aromatic rings. The first kappa shape index (κ1) is 119. The molecule has 711 valence electrons. The summed E-state index contributed by atoms with van der Waals surface area (Å²) in [6, 6.07) is 3.47. The topological polar surface area (TPSA) is 328 Å². The normalized spacial score (nSPS) is 12.6. The summed E-state index contributed by atoms with van der Waals surface area (Å²) in [6.45, 7) is 18.8. The number of thiol groups is 1. The van der Waals surface area contributed by atoms with Crippen molar-refractivity contribution in [2.45, 2.75) is 180 Å². The van der Waals surface area contributed by atoms with Crippen molar-refractivity contribution in [3.05, 3.63) is 126 Å². The van der Waals surface area contributed by atoms with Crippen LogP contribution in [0.4, 0.5) is 140 Å². The van der Waals surface area contributed by atoms with Gasteiger partial charge in [0, 0.05) is 52.7 Å². The zero-order valence-corrected chi connectivity index (χ0v) is 67.1. The average Bonchev–Trinajstić information content (AvgIpc) is 1.61. The standard InChI is InChI=1S/C15H11BrF7N5O.C15H10F7N5O.C15H12F7N5O.C13H13F4N5O.C6H15N.C2HF3O.4CH4.BHNS/c1-6-11(24-5-10(26-6)27-28-13(16)15(21,22)23)8-3-9(17)12(25-4-8)29-7(2)14(18,19)20;1-6-11(23-5-10-25-26-13(27(6)10)15(20,21)22)8-3-9(16)12(24-4-8)28-7(2)14(17,18)19;1-7-12(23-5-11(26-7)27-25-6-14(17,18)19)9-3-10(16)13(24-4-9)28-8(2)15(20,21)22;1-6-11(19-5-10(21-6)22-18)8-3-9(14)12(20-4-8)23-7(2)13(15,16)17;1-4-7(5-2)6-3;3-2(4,5)1-6;;;;;1-2-3/h3-5,7H,1-2H3,(H,26,27);3-5,7H,1-2H3;3-6,8H,1-2H3,(H,26,27);3-5,7H,18H2,1-2H3,(H,21,22);4-6H2,1-3H3;1H;4*1H4;3H/t2*7-;8-;7-;;;;;;;/m1111......./s1. The van der Waals surface area contributed by atoms with Crippen LogP contribution >= 0.6 is 28.7 Å². The number of hydrogen-bond acceptors (Lipinski definition) is 27. The quantitative estimate of drug-likeness (QED) is 0.00900. The molecule has 0 aliphatic heterocycles. The zero-order valence-electron chi connectivity index (χ0n) is 64.7. The van der Waals surface area contributed by atoms with Crippen molar-refractivity contribution in [3.8, 4) is 68.5 Å². The number of aryl methyl sites for hydroxylation is 4. The van der Waals surface area contributed by atoms with Crippen LogP contribution in [0.1, 0.15) is 107 Å². The maximum absolute atomic E-state index is 14.1. The van der Waals surface area contributed by atoms with Crippen molar-refractivity contribution in [1.82, 2.24) is 74.3 Å². The van der Waals surface area contributed by atoms with Crippen molar-refractivity contribution >= 4 is 76.6 Å². The Kier molecular flexibility index (Phi) is 47.3. The molecule has 0 fully saturated rings. The number of nitrogens with zero attached hydrogens (tertiary/aromatic N) is 18. The Bertz CT molecular complexity index is 5040. The molecule has 0 unspecified atom stereocenters. The van der Waals surface area contributed by atoms with Crippen molar-refractivity contribution in [1.29, 1.82) is 0 Å². The molecule has 0 spiro atoms. The van der Waals surface area contributed by atoms with E-state index in [2.05, 4.69) is 171 Å². The molecule has 1 radical (unpaired) electrons. The summed E-state index contributed by atoms with van der Waals surface area (Å²) in [4.78, 5) is 53.0. The average molecular weight is 1960 g/mol. The molecule has 0 amide bonds. The van der Waals surface area contributed by atoms with E-state index in [1.165, 1.54) is 46.6 Å². The van der Waals surface area contributed by atoms with E-state index in [9.17, 15) is 123 Å². The second-order valence-corrected chi connectivity index (χ2v) is 24.7. The number of pyridine rings is 4. The first-order valence-corrected chi connectivity index (χ1v) is 34.8. The molecular formula is C70H79BBrF28N22O5S. The molecule has 0 bridgehead atoms. The first-order chi connectivity index (χ1) is 57.1. The van der Waals surface area contributed by atoms with E-state index in [0.29, 0.717) is 42.4 Å². The van der Waals surface area contributed by atoms with Gasteiger partial charge in [-0.3, -0.25) is 40.0 Å². The van der Waals surface area contributed by atoms with Gasteiger partial charge in [-0.2, -0.15) is 116 Å². The predicted octanol–water partition coefficient (Wildman–Crippen LogP) is 20.7. The molecule has 128 heavy (non-hydrogen) atoms. The molecule has 0 saturated carbocycles. The summed E-state index contributed by atoms with van der Waals surface area (Å²) in [5.74, 6) is -3.86. The molecule has 4 atom stereocenters. The molecule has 0 aliphatic rings. The molecule has 27 nitrogen and oxygen atoms in total. The molecule has 5 N–H and O–H groups in total. The van der Waals surface area contributed by atoms with E-state index in [4.69, 9.17) is 10.6 Å². The number of nitrogen functional groups attached to an aromatic ring is 1. The number of fused-ring (bicyclic) bond motifs is 1. The molecular weight excluding hydrogens is 1880 g/mol. The molecule has 0 saturated heterocycles. The summed E-state index contributed by atoms with van der Waals surface area (Å²) < 4.78 is 369. The van der Waals surface area contributed by atoms with Crippen LogP contribution in [0, 0.1) is 51.0 Å². The van der Waals surface area contributed by atoms with Crippen LogP contribution in [0.2, 0.25) is 0 Å². The predicted molar refractivity (Wildman–Crippen MR) is 420 cm³/mol. The molecule has 0 aliphatic carbocycles. The Balaban J connectivity index is 0. The van der Waals surface area contributed by atoms with Crippen LogP contribution < -0.4 is 41.1 Å². The Morgan fingerprint density at radius 3 is 1.02 bits per heavy atom. The second kappa shape index (κ2) is 51.0. The SMILES string of the molecule is C.C.C.C.CCN(CC)CC.Cc1c(-c2cnc(O[C@H](C)C(F)(F)F)c(F)c2)ncc2nnc(C(F)(F)F)n12.Cc1nc(NN)cnc1-c1cnc(O[C@H](C)C(F)(F)F)c(F)c1.Cc1nc(NN=C(Br)C(F)(F)F)cnc1-c1cnc(O[C@H](C)C(F)(F)F)c(F)c1.Cc1nc(NN=CC(F)(F)F)cnc1-c1cnc(O[C@H](C)C(F)(F)F)c(F)c1.O=CC(F)(F)F.[B]=NS. The van der Waals surface area contributed by atoms with E-state index in [1.54, 1.807) is 6.92 Å². The van der Waals surface area contributed by atoms with Gasteiger partial charge in [-0.05, 0) is 115 Å². The van der Waals surface area contributed by atoms with Crippen molar-refractivity contribution in [3.63, 3.8) is 0 Å². The number of hydrazine groups is 1. The summed E-state index contributed by atoms with van der Waals surface area (Å²) in [6.07, 6.45) is -39.2. The number of nitrogens with two attached hydrogens (primary N) is 1. The van der Waals surface area contributed by atoms with Crippen LogP contribution in [0.25, 0.3) is 50.7 Å². The number of anilines is 3. The third-order valence-corrected chi connectivity index (χ3v) is 15.2. The number of halogens is 29. The van der Waals surface area contributed by atoms with Crippen molar-refractivity contribution < 1.29 is 147 Å². The molecule has 9 heterocycles. The fourth-order valence-corrected chi connectivity index (χ4v) is 8.58. The Morgan fingerprint density at radius 2 is 0.773 bits per heavy atom. The Labute approximate surface area is 725 Å². The van der Waals surface area contributed by atoms with Crippen LogP contribution in [0.5, 0.6) is 23.5 Å². The van der Waals surface area contributed by atoms with E-state index in [-0.39, 0.29) is 110 Å². The van der Waals surface area contributed by atoms with Gasteiger partial charge in [0.2, 0.25) is 16.7 Å². The van der Waals surface area contributed by atoms with Crippen LogP contribution in [0.3, 0.4) is 0 Å². The van der Waals surface area contributed by atoms with Crippen LogP contribution in [0.15, 0.2) is 88.3 Å². The molecule has 9 rings (SSSR count). The van der Waals surface area contributed by atoms with Crippen LogP contribution in [-0.4, -0.2) is 186 Å². The fourth-order valence-electron chi connectivity index (χ4n) is 8.49.